The number of hydrogen-bond acceptors (Lipinski definition) is 3. The van der Waals surface area contributed by atoms with Crippen molar-refractivity contribution < 1.29 is 4.84 Å². The number of rotatable bonds is 6. The van der Waals surface area contributed by atoms with Gasteiger partial charge < -0.3 is 9.74 Å². The van der Waals surface area contributed by atoms with E-state index in [2.05, 4.69) is 30.2 Å². The first-order valence-electron chi connectivity index (χ1n) is 7.96. The molecule has 22 heavy (non-hydrogen) atoms. The number of allylic oxidation sites excluding steroid dienone is 1. The monoisotopic (exact) mass is 320 g/mol. The van der Waals surface area contributed by atoms with Crippen LogP contribution < -0.4 is 0 Å². The van der Waals surface area contributed by atoms with Gasteiger partial charge in [-0.25, -0.2) is 0 Å². The first-order chi connectivity index (χ1) is 10.7. The van der Waals surface area contributed by atoms with Crippen molar-refractivity contribution in [3.63, 3.8) is 0 Å². The van der Waals surface area contributed by atoms with E-state index in [-0.39, 0.29) is 0 Å². The zero-order valence-electron chi connectivity index (χ0n) is 13.5. The fourth-order valence-electron chi connectivity index (χ4n) is 2.52. The van der Waals surface area contributed by atoms with Crippen LogP contribution >= 0.6 is 11.6 Å². The third kappa shape index (κ3) is 5.47. The third-order valence-corrected chi connectivity index (χ3v) is 4.08. The lowest BCUT2D eigenvalue weighted by atomic mass is 9.91. The number of oxime groups is 1. The van der Waals surface area contributed by atoms with E-state index < -0.39 is 0 Å². The number of benzene rings is 1. The van der Waals surface area contributed by atoms with E-state index >= 15 is 0 Å². The Bertz CT molecular complexity index is 538. The van der Waals surface area contributed by atoms with Gasteiger partial charge in [-0.3, -0.25) is 0 Å². The van der Waals surface area contributed by atoms with Crippen molar-refractivity contribution in [1.82, 2.24) is 4.90 Å². The van der Waals surface area contributed by atoms with Crippen molar-refractivity contribution >= 4 is 23.4 Å². The third-order valence-electron chi connectivity index (χ3n) is 3.73. The molecule has 0 spiro atoms. The summed E-state index contributed by atoms with van der Waals surface area (Å²) in [5, 5.41) is 5.16. The van der Waals surface area contributed by atoms with Gasteiger partial charge in [0, 0.05) is 11.6 Å². The Morgan fingerprint density at radius 1 is 1.23 bits per heavy atom. The molecule has 120 valence electrons. The van der Waals surface area contributed by atoms with Crippen LogP contribution in [0.3, 0.4) is 0 Å². The van der Waals surface area contributed by atoms with Gasteiger partial charge in [0.1, 0.15) is 6.61 Å². The molecule has 1 fully saturated rings. The lowest BCUT2D eigenvalue weighted by Gasteiger charge is -2.17. The SMILES string of the molecule is CN(C)CCCON=C1CCCCC1=Cc1ccccc1Cl. The van der Waals surface area contributed by atoms with Gasteiger partial charge in [0.2, 0.25) is 0 Å². The Hall–Kier alpha value is -1.32. The Balaban J connectivity index is 2.00. The van der Waals surface area contributed by atoms with Crippen LogP contribution in [-0.2, 0) is 4.84 Å². The smallest absolute Gasteiger partial charge is 0.118 e. The van der Waals surface area contributed by atoms with E-state index in [1.807, 2.05) is 24.3 Å². The molecule has 0 N–H and O–H groups in total. The Morgan fingerprint density at radius 3 is 2.77 bits per heavy atom. The quantitative estimate of drug-likeness (QED) is 0.564. The molecule has 1 aromatic carbocycles. The Labute approximate surface area is 138 Å². The molecule has 0 amide bonds. The summed E-state index contributed by atoms with van der Waals surface area (Å²) in [6, 6.07) is 7.93. The highest BCUT2D eigenvalue weighted by atomic mass is 35.5. The van der Waals surface area contributed by atoms with Crippen LogP contribution in [0, 0.1) is 0 Å². The first-order valence-corrected chi connectivity index (χ1v) is 8.33. The molecule has 0 saturated heterocycles. The molecule has 1 saturated carbocycles. The minimum absolute atomic E-state index is 0.668. The summed E-state index contributed by atoms with van der Waals surface area (Å²) in [5.74, 6) is 0. The van der Waals surface area contributed by atoms with Gasteiger partial charge in [0.15, 0.2) is 0 Å². The molecule has 0 atom stereocenters. The average Bonchev–Trinajstić information content (AvgIpc) is 2.50. The van der Waals surface area contributed by atoms with Gasteiger partial charge in [0.05, 0.1) is 5.71 Å². The summed E-state index contributed by atoms with van der Waals surface area (Å²) in [6.45, 7) is 1.69. The van der Waals surface area contributed by atoms with Crippen molar-refractivity contribution in [3.05, 3.63) is 40.4 Å². The normalized spacial score (nSPS) is 19.1. The molecular formula is C18H25ClN2O. The van der Waals surface area contributed by atoms with Crippen LogP contribution in [0.1, 0.15) is 37.7 Å². The molecule has 3 nitrogen and oxygen atoms in total. The van der Waals surface area contributed by atoms with Gasteiger partial charge >= 0.3 is 0 Å². The van der Waals surface area contributed by atoms with Crippen molar-refractivity contribution in [2.45, 2.75) is 32.1 Å². The second kappa shape index (κ2) is 8.96. The topological polar surface area (TPSA) is 24.8 Å². The maximum Gasteiger partial charge on any atom is 0.118 e. The summed E-state index contributed by atoms with van der Waals surface area (Å²) < 4.78 is 0. The van der Waals surface area contributed by atoms with E-state index in [9.17, 15) is 0 Å². The molecule has 2 rings (SSSR count). The molecule has 0 heterocycles. The second-order valence-corrected chi connectivity index (χ2v) is 6.33. The maximum absolute atomic E-state index is 6.25. The lowest BCUT2D eigenvalue weighted by Crippen LogP contribution is -2.15. The molecule has 1 aliphatic carbocycles. The molecule has 0 aliphatic heterocycles. The largest absolute Gasteiger partial charge is 0.396 e. The van der Waals surface area contributed by atoms with Crippen LogP contribution in [0.2, 0.25) is 5.02 Å². The van der Waals surface area contributed by atoms with Crippen LogP contribution in [0.5, 0.6) is 0 Å². The van der Waals surface area contributed by atoms with E-state index in [1.54, 1.807) is 0 Å². The predicted molar refractivity (Wildman–Crippen MR) is 94.5 cm³/mol. The maximum atomic E-state index is 6.25. The van der Waals surface area contributed by atoms with Gasteiger partial charge in [-0.2, -0.15) is 0 Å². The van der Waals surface area contributed by atoms with Crippen molar-refractivity contribution in [2.24, 2.45) is 5.16 Å². The van der Waals surface area contributed by atoms with Crippen LogP contribution in [0.4, 0.5) is 0 Å². The Morgan fingerprint density at radius 2 is 2.00 bits per heavy atom. The highest BCUT2D eigenvalue weighted by molar-refractivity contribution is 6.32. The van der Waals surface area contributed by atoms with E-state index in [4.69, 9.17) is 16.4 Å². The van der Waals surface area contributed by atoms with Crippen molar-refractivity contribution in [2.75, 3.05) is 27.2 Å². The van der Waals surface area contributed by atoms with Crippen LogP contribution in [0.15, 0.2) is 35.0 Å². The van der Waals surface area contributed by atoms with Crippen molar-refractivity contribution in [1.29, 1.82) is 0 Å². The zero-order chi connectivity index (χ0) is 15.8. The summed E-state index contributed by atoms with van der Waals surface area (Å²) in [5.41, 5.74) is 3.39. The number of halogens is 1. The minimum atomic E-state index is 0.668. The lowest BCUT2D eigenvalue weighted by molar-refractivity contribution is 0.134. The molecule has 0 radical (unpaired) electrons. The van der Waals surface area contributed by atoms with Crippen LogP contribution in [-0.4, -0.2) is 37.9 Å². The number of nitrogens with zero attached hydrogens (tertiary/aromatic N) is 2. The average molecular weight is 321 g/mol. The first kappa shape index (κ1) is 17.0. The minimum Gasteiger partial charge on any atom is -0.396 e. The van der Waals surface area contributed by atoms with E-state index in [1.165, 1.54) is 18.4 Å². The predicted octanol–water partition coefficient (Wildman–Crippen LogP) is 4.62. The molecule has 0 aromatic heterocycles. The van der Waals surface area contributed by atoms with E-state index in [0.717, 1.165) is 42.1 Å². The second-order valence-electron chi connectivity index (χ2n) is 5.93. The van der Waals surface area contributed by atoms with Gasteiger partial charge in [0.25, 0.3) is 0 Å². The standard InChI is InChI=1S/C18H25ClN2O/c1-21(2)12-7-13-22-20-18-11-6-4-9-16(18)14-15-8-3-5-10-17(15)19/h3,5,8,10,14H,4,6-7,9,11-13H2,1-2H3. The van der Waals surface area contributed by atoms with Crippen molar-refractivity contribution in [3.8, 4) is 0 Å². The molecule has 1 aromatic rings. The number of hydrogen-bond donors (Lipinski definition) is 0. The van der Waals surface area contributed by atoms with E-state index in [0.29, 0.717) is 6.61 Å². The van der Waals surface area contributed by atoms with Gasteiger partial charge in [-0.05, 0) is 69.5 Å². The fraction of sp³-hybridized carbons (Fsp3) is 0.500. The Kier molecular flexibility index (Phi) is 6.94. The summed E-state index contributed by atoms with van der Waals surface area (Å²) in [6.07, 6.45) is 7.57. The fourth-order valence-corrected chi connectivity index (χ4v) is 2.71. The highest BCUT2D eigenvalue weighted by Crippen LogP contribution is 2.26. The molecular weight excluding hydrogens is 296 g/mol. The van der Waals surface area contributed by atoms with Gasteiger partial charge in [-0.15, -0.1) is 0 Å². The molecule has 0 bridgehead atoms. The van der Waals surface area contributed by atoms with Gasteiger partial charge in [-0.1, -0.05) is 35.0 Å². The molecule has 0 unspecified atom stereocenters. The summed E-state index contributed by atoms with van der Waals surface area (Å²) >= 11 is 6.25. The highest BCUT2D eigenvalue weighted by Gasteiger charge is 2.14. The molecule has 4 heteroatoms. The van der Waals surface area contributed by atoms with Crippen LogP contribution in [0.25, 0.3) is 6.08 Å². The summed E-state index contributed by atoms with van der Waals surface area (Å²) in [4.78, 5) is 7.66. The zero-order valence-corrected chi connectivity index (χ0v) is 14.3. The summed E-state index contributed by atoms with van der Waals surface area (Å²) in [7, 11) is 4.13. The molecule has 1 aliphatic rings.